The summed E-state index contributed by atoms with van der Waals surface area (Å²) < 4.78 is 0. The van der Waals surface area contributed by atoms with E-state index in [0.717, 1.165) is 0 Å². The van der Waals surface area contributed by atoms with Crippen molar-refractivity contribution >= 4 is 72.2 Å². The van der Waals surface area contributed by atoms with Gasteiger partial charge in [-0.2, -0.15) is 11.1 Å². The summed E-state index contributed by atoms with van der Waals surface area (Å²) >= 11 is 0. The van der Waals surface area contributed by atoms with E-state index >= 15 is 0 Å². The summed E-state index contributed by atoms with van der Waals surface area (Å²) in [5, 5.41) is 9.93. The number of hydrogen-bond donors (Lipinski definition) is 0. The van der Waals surface area contributed by atoms with Crippen molar-refractivity contribution in [1.82, 2.24) is 0 Å². The molecule has 0 aliphatic carbocycles. The van der Waals surface area contributed by atoms with Crippen molar-refractivity contribution in [2.75, 3.05) is 0 Å². The Morgan fingerprint density at radius 1 is 0.460 bits per heavy atom. The number of halogens is 3. The van der Waals surface area contributed by atoms with Crippen LogP contribution in [0.3, 0.4) is 0 Å². The largest absolute Gasteiger partial charge is 4.00 e. The molecule has 0 heterocycles. The van der Waals surface area contributed by atoms with E-state index < -0.39 is 41.1 Å². The Labute approximate surface area is 346 Å². The Morgan fingerprint density at radius 2 is 0.780 bits per heavy atom. The summed E-state index contributed by atoms with van der Waals surface area (Å²) in [6, 6.07) is 24.4. The second-order valence-electron chi connectivity index (χ2n) is 18.5. The van der Waals surface area contributed by atoms with Crippen molar-refractivity contribution in [2.24, 2.45) is 0 Å². The van der Waals surface area contributed by atoms with Gasteiger partial charge in [-0.1, -0.05) is 208 Å². The molecule has 50 heavy (non-hydrogen) atoms. The molecule has 272 valence electrons. The Balaban J connectivity index is 0.00000600. The second-order valence-corrected chi connectivity index (χ2v) is 41.7. The van der Waals surface area contributed by atoms with Gasteiger partial charge < -0.3 is 37.2 Å². The van der Waals surface area contributed by atoms with Crippen molar-refractivity contribution in [3.05, 3.63) is 88.0 Å². The Bertz CT molecular complexity index is 1610. The molecule has 0 atom stereocenters. The molecule has 0 aromatic heterocycles. The molecule has 4 aromatic rings. The van der Waals surface area contributed by atoms with Gasteiger partial charge in [-0.05, 0) is 13.8 Å². The molecular formula is C41H63Cl3Si5Ti. The van der Waals surface area contributed by atoms with Gasteiger partial charge in [-0.25, -0.2) is 0 Å². The average Bonchev–Trinajstić information content (AvgIpc) is 3.11. The quantitative estimate of drug-likeness (QED) is 0.149. The fraction of sp³-hybridized carbons (Fsp3) is 0.439. The average molecular weight is 851 g/mol. The number of rotatable bonds is 9. The van der Waals surface area contributed by atoms with Gasteiger partial charge in [0.05, 0.1) is 41.1 Å². The van der Waals surface area contributed by atoms with Crippen LogP contribution < -0.4 is 68.3 Å². The molecule has 4 rings (SSSR count). The van der Waals surface area contributed by atoms with E-state index in [4.69, 9.17) is 0 Å². The molecule has 0 spiro atoms. The normalized spacial score (nSPS) is 12.1. The molecule has 4 aromatic carbocycles. The smallest absolute Gasteiger partial charge is 1.00 e. The van der Waals surface area contributed by atoms with Crippen LogP contribution in [0.5, 0.6) is 0 Å². The molecule has 0 aliphatic rings. The van der Waals surface area contributed by atoms with Crippen LogP contribution in [-0.4, -0.2) is 41.1 Å². The second kappa shape index (κ2) is 17.9. The minimum Gasteiger partial charge on any atom is -1.00 e. The molecule has 0 amide bonds. The van der Waals surface area contributed by atoms with Crippen molar-refractivity contribution in [3.63, 3.8) is 0 Å². The van der Waals surface area contributed by atoms with Gasteiger partial charge in [-0.15, -0.1) is 16.7 Å². The number of hydrogen-bond acceptors (Lipinski definition) is 0. The van der Waals surface area contributed by atoms with E-state index in [2.05, 4.69) is 168 Å². The zero-order valence-electron chi connectivity index (χ0n) is 34.1. The van der Waals surface area contributed by atoms with Crippen molar-refractivity contribution in [1.29, 1.82) is 0 Å². The third-order valence-corrected chi connectivity index (χ3v) is 21.5. The first kappa shape index (κ1) is 49.7. The van der Waals surface area contributed by atoms with Gasteiger partial charge in [-0.3, -0.25) is 0 Å². The van der Waals surface area contributed by atoms with Crippen LogP contribution in [0.2, 0.25) is 78.6 Å². The predicted octanol–water partition coefficient (Wildman–Crippen LogP) is -1.07. The fourth-order valence-corrected chi connectivity index (χ4v) is 15.9. The Hall–Kier alpha value is -0.321. The predicted molar refractivity (Wildman–Crippen MR) is 226 cm³/mol. The summed E-state index contributed by atoms with van der Waals surface area (Å²) in [4.78, 5) is 0. The summed E-state index contributed by atoms with van der Waals surface area (Å²) in [6.45, 7) is 42.1. The molecular weight excluding hydrogens is 787 g/mol. The first-order chi connectivity index (χ1) is 20.9. The standard InChI is InChI=1S/C41H63Si5.3ClH.Ti/c1-28-18-29(2)20-33(19-28)41-32(5)30(3)31(4)40(41)27-42(34-21-36(43(6,7)8)25-37(22-34)44(9,10)11)35-23-38(45(12,13)14)26-39(24-35)46(15,16)17;;;;/h18-26,42H,27H2,1-17H3;3*1H;/q-1;;;;+4/p-3. The third kappa shape index (κ3) is 11.3. The molecule has 0 N–H and O–H groups in total. The summed E-state index contributed by atoms with van der Waals surface area (Å²) in [6.07, 6.45) is 0. The maximum absolute atomic E-state index is 2.70. The van der Waals surface area contributed by atoms with Crippen LogP contribution in [-0.2, 0) is 27.8 Å². The van der Waals surface area contributed by atoms with E-state index in [0.29, 0.717) is 0 Å². The minimum atomic E-state index is -1.70. The topological polar surface area (TPSA) is 0 Å². The number of benzene rings is 3. The Kier molecular flexibility index (Phi) is 17.8. The SMILES string of the molecule is Cc1cc(C)cc(-c2c(C)c(C)c(C)[c-]2C[SiH](c2cc([Si](C)(C)C)cc([Si](C)(C)C)c2)c2cc([Si](C)(C)C)cc([Si](C)(C)C)c2)c1.[Cl-].[Cl-].[Cl-].[Ti+4]. The van der Waals surface area contributed by atoms with Crippen LogP contribution >= 0.6 is 0 Å². The molecule has 0 radical (unpaired) electrons. The Morgan fingerprint density at radius 3 is 1.08 bits per heavy atom. The zero-order valence-corrected chi connectivity index (χ0v) is 43.1. The van der Waals surface area contributed by atoms with Gasteiger partial charge in [0.1, 0.15) is 0 Å². The van der Waals surface area contributed by atoms with E-state index in [1.807, 2.05) is 0 Å². The molecule has 0 saturated carbocycles. The van der Waals surface area contributed by atoms with Gasteiger partial charge in [0, 0.05) is 0 Å². The van der Waals surface area contributed by atoms with E-state index in [9.17, 15) is 0 Å². The zero-order chi connectivity index (χ0) is 34.7. The van der Waals surface area contributed by atoms with Gasteiger partial charge >= 0.3 is 21.7 Å². The molecule has 0 fully saturated rings. The summed E-state index contributed by atoms with van der Waals surface area (Å²) in [7, 11) is -7.82. The maximum atomic E-state index is 2.70. The van der Waals surface area contributed by atoms with Crippen LogP contribution in [0, 0.1) is 34.6 Å². The van der Waals surface area contributed by atoms with E-state index in [1.165, 1.54) is 45.0 Å². The van der Waals surface area contributed by atoms with E-state index in [1.54, 1.807) is 36.7 Å². The van der Waals surface area contributed by atoms with Crippen LogP contribution in [0.15, 0.2) is 54.6 Å². The van der Waals surface area contributed by atoms with Crippen molar-refractivity contribution in [2.45, 2.75) is 119 Å². The molecule has 9 heteroatoms. The van der Waals surface area contributed by atoms with Crippen LogP contribution in [0.1, 0.15) is 33.4 Å². The van der Waals surface area contributed by atoms with Crippen molar-refractivity contribution < 1.29 is 58.9 Å². The summed E-state index contributed by atoms with van der Waals surface area (Å²) in [5.41, 5.74) is 11.7. The van der Waals surface area contributed by atoms with Gasteiger partial charge in [0.2, 0.25) is 0 Å². The minimum absolute atomic E-state index is 0. The summed E-state index contributed by atoms with van der Waals surface area (Å²) in [5.74, 6) is 0. The van der Waals surface area contributed by atoms with Gasteiger partial charge in [0.15, 0.2) is 0 Å². The van der Waals surface area contributed by atoms with Crippen LogP contribution in [0.25, 0.3) is 11.1 Å². The van der Waals surface area contributed by atoms with Crippen molar-refractivity contribution in [3.8, 4) is 11.1 Å². The molecule has 0 nitrogen and oxygen atoms in total. The molecule has 0 saturated heterocycles. The van der Waals surface area contributed by atoms with Crippen LogP contribution in [0.4, 0.5) is 0 Å². The monoisotopic (exact) mass is 848 g/mol. The van der Waals surface area contributed by atoms with Gasteiger partial charge in [0.25, 0.3) is 0 Å². The molecule has 0 bridgehead atoms. The molecule has 0 unspecified atom stereocenters. The first-order valence-corrected chi connectivity index (χ1v) is 33.5. The maximum Gasteiger partial charge on any atom is 4.00 e. The first-order valence-electron chi connectivity index (χ1n) is 17.5. The molecule has 0 aliphatic heterocycles. The fourth-order valence-electron chi connectivity index (χ4n) is 6.94. The third-order valence-electron chi connectivity index (χ3n) is 10.4. The number of aryl methyl sites for hydroxylation is 2. The van der Waals surface area contributed by atoms with E-state index in [-0.39, 0.29) is 58.9 Å².